The third-order valence-corrected chi connectivity index (χ3v) is 3.38. The predicted octanol–water partition coefficient (Wildman–Crippen LogP) is 3.13. The lowest BCUT2D eigenvalue weighted by atomic mass is 9.98. The fraction of sp³-hybridized carbons (Fsp3) is 0.500. The van der Waals surface area contributed by atoms with Crippen LogP contribution >= 0.6 is 11.6 Å². The van der Waals surface area contributed by atoms with Gasteiger partial charge in [0.05, 0.1) is 4.92 Å². The minimum atomic E-state index is -0.645. The van der Waals surface area contributed by atoms with E-state index in [9.17, 15) is 14.9 Å². The Morgan fingerprint density at radius 2 is 2.11 bits per heavy atom. The van der Waals surface area contributed by atoms with Gasteiger partial charge < -0.3 is 4.74 Å². The first-order valence-corrected chi connectivity index (χ1v) is 6.46. The number of rotatable bonds is 3. The highest BCUT2D eigenvalue weighted by Crippen LogP contribution is 2.24. The minimum Gasteiger partial charge on any atom is -0.459 e. The largest absolute Gasteiger partial charge is 0.459 e. The van der Waals surface area contributed by atoms with Gasteiger partial charge in [0.2, 0.25) is 0 Å². The Balaban J connectivity index is 2.13. The molecular formula is C12H13ClN2O4. The van der Waals surface area contributed by atoms with Gasteiger partial charge in [0, 0.05) is 6.07 Å². The molecule has 0 saturated heterocycles. The summed E-state index contributed by atoms with van der Waals surface area (Å²) in [5.74, 6) is -0.645. The van der Waals surface area contributed by atoms with Crippen molar-refractivity contribution < 1.29 is 14.5 Å². The van der Waals surface area contributed by atoms with E-state index in [0.29, 0.717) is 0 Å². The average molecular weight is 285 g/mol. The topological polar surface area (TPSA) is 82.3 Å². The lowest BCUT2D eigenvalue weighted by molar-refractivity contribution is -0.385. The fourth-order valence-electron chi connectivity index (χ4n) is 2.08. The lowest BCUT2D eigenvalue weighted by Gasteiger charge is -2.21. The summed E-state index contributed by atoms with van der Waals surface area (Å²) in [6.07, 6.45) is 5.73. The molecule has 1 heterocycles. The Morgan fingerprint density at radius 1 is 1.42 bits per heavy atom. The van der Waals surface area contributed by atoms with E-state index in [4.69, 9.17) is 16.3 Å². The zero-order valence-corrected chi connectivity index (χ0v) is 10.9. The van der Waals surface area contributed by atoms with Crippen LogP contribution in [0.25, 0.3) is 0 Å². The van der Waals surface area contributed by atoms with Crippen LogP contribution in [-0.2, 0) is 4.74 Å². The molecule has 1 fully saturated rings. The van der Waals surface area contributed by atoms with Crippen molar-refractivity contribution in [3.63, 3.8) is 0 Å². The molecule has 2 rings (SSSR count). The van der Waals surface area contributed by atoms with Gasteiger partial charge >= 0.3 is 5.97 Å². The summed E-state index contributed by atoms with van der Waals surface area (Å²) in [5.41, 5.74) is -0.332. The summed E-state index contributed by atoms with van der Waals surface area (Å²) in [5, 5.41) is 10.6. The van der Waals surface area contributed by atoms with Crippen LogP contribution in [0, 0.1) is 10.1 Å². The maximum atomic E-state index is 11.9. The van der Waals surface area contributed by atoms with Gasteiger partial charge in [-0.1, -0.05) is 18.0 Å². The van der Waals surface area contributed by atoms with Crippen molar-refractivity contribution in [3.8, 4) is 0 Å². The van der Waals surface area contributed by atoms with Crippen molar-refractivity contribution in [1.29, 1.82) is 0 Å². The molecule has 0 aliphatic heterocycles. The summed E-state index contributed by atoms with van der Waals surface area (Å²) < 4.78 is 5.31. The molecule has 1 aliphatic rings. The van der Waals surface area contributed by atoms with Crippen LogP contribution in [0.2, 0.25) is 5.15 Å². The number of pyridine rings is 1. The molecule has 0 aromatic carbocycles. The van der Waals surface area contributed by atoms with Gasteiger partial charge in [0.1, 0.15) is 23.0 Å². The standard InChI is InChI=1S/C12H13ClN2O4/c13-11-10(6-8(7-14-11)15(17)18)12(16)19-9-4-2-1-3-5-9/h6-7,9H,1-5H2. The number of carbonyl (C=O) groups excluding carboxylic acids is 1. The minimum absolute atomic E-state index is 0.0542. The number of esters is 1. The Morgan fingerprint density at radius 3 is 2.74 bits per heavy atom. The number of halogens is 1. The monoisotopic (exact) mass is 284 g/mol. The van der Waals surface area contributed by atoms with Gasteiger partial charge in [0.25, 0.3) is 5.69 Å². The van der Waals surface area contributed by atoms with E-state index in [1.165, 1.54) is 0 Å². The normalized spacial score (nSPS) is 16.1. The maximum Gasteiger partial charge on any atom is 0.341 e. The van der Waals surface area contributed by atoms with Crippen LogP contribution in [0.4, 0.5) is 5.69 Å². The molecule has 1 aromatic rings. The van der Waals surface area contributed by atoms with Gasteiger partial charge in [-0.2, -0.15) is 0 Å². The molecule has 0 spiro atoms. The number of nitro groups is 1. The summed E-state index contributed by atoms with van der Waals surface area (Å²) in [6, 6.07) is 1.10. The molecule has 0 radical (unpaired) electrons. The predicted molar refractivity (Wildman–Crippen MR) is 68.2 cm³/mol. The molecule has 1 saturated carbocycles. The van der Waals surface area contributed by atoms with Gasteiger partial charge in [-0.15, -0.1) is 0 Å². The van der Waals surface area contributed by atoms with Gasteiger partial charge in [-0.25, -0.2) is 9.78 Å². The summed E-state index contributed by atoms with van der Waals surface area (Å²) >= 11 is 5.78. The molecule has 0 amide bonds. The first kappa shape index (κ1) is 13.7. The van der Waals surface area contributed by atoms with E-state index in [-0.39, 0.29) is 22.5 Å². The van der Waals surface area contributed by atoms with E-state index in [1.54, 1.807) is 0 Å². The van der Waals surface area contributed by atoms with Crippen molar-refractivity contribution >= 4 is 23.3 Å². The van der Waals surface area contributed by atoms with Crippen molar-refractivity contribution in [1.82, 2.24) is 4.98 Å². The van der Waals surface area contributed by atoms with Crippen LogP contribution in [0.5, 0.6) is 0 Å². The molecule has 19 heavy (non-hydrogen) atoms. The summed E-state index contributed by atoms with van der Waals surface area (Å²) in [4.78, 5) is 25.6. The Kier molecular flexibility index (Phi) is 4.31. The number of aromatic nitrogens is 1. The Hall–Kier alpha value is -1.69. The molecule has 102 valence electrons. The number of hydrogen-bond acceptors (Lipinski definition) is 5. The second-order valence-corrected chi connectivity index (χ2v) is 4.81. The van der Waals surface area contributed by atoms with Crippen LogP contribution in [0.15, 0.2) is 12.3 Å². The number of ether oxygens (including phenoxy) is 1. The van der Waals surface area contributed by atoms with Gasteiger partial charge in [-0.3, -0.25) is 10.1 Å². The SMILES string of the molecule is O=C(OC1CCCCC1)c1cc([N+](=O)[O-])cnc1Cl. The van der Waals surface area contributed by atoms with Gasteiger partial charge in [0.15, 0.2) is 0 Å². The van der Waals surface area contributed by atoms with Gasteiger partial charge in [-0.05, 0) is 25.7 Å². The van der Waals surface area contributed by atoms with Crippen molar-refractivity contribution in [3.05, 3.63) is 33.1 Å². The first-order valence-electron chi connectivity index (χ1n) is 6.09. The van der Waals surface area contributed by atoms with Crippen LogP contribution in [0.3, 0.4) is 0 Å². The number of nitrogens with zero attached hydrogens (tertiary/aromatic N) is 2. The van der Waals surface area contributed by atoms with Crippen molar-refractivity contribution in [2.45, 2.75) is 38.2 Å². The van der Waals surface area contributed by atoms with Crippen molar-refractivity contribution in [2.75, 3.05) is 0 Å². The highest BCUT2D eigenvalue weighted by atomic mass is 35.5. The zero-order valence-electron chi connectivity index (χ0n) is 10.2. The van der Waals surface area contributed by atoms with E-state index < -0.39 is 10.9 Å². The van der Waals surface area contributed by atoms with E-state index in [1.807, 2.05) is 0 Å². The molecule has 0 bridgehead atoms. The van der Waals surface area contributed by atoms with E-state index in [0.717, 1.165) is 44.4 Å². The van der Waals surface area contributed by atoms with E-state index >= 15 is 0 Å². The smallest absolute Gasteiger partial charge is 0.341 e. The maximum absolute atomic E-state index is 11.9. The second kappa shape index (κ2) is 5.97. The quantitative estimate of drug-likeness (QED) is 0.368. The molecule has 1 aromatic heterocycles. The Labute approximate surface area is 114 Å². The third kappa shape index (κ3) is 3.41. The average Bonchev–Trinajstić information content (AvgIpc) is 2.40. The molecule has 0 N–H and O–H groups in total. The van der Waals surface area contributed by atoms with E-state index in [2.05, 4.69) is 4.98 Å². The number of carbonyl (C=O) groups is 1. The van der Waals surface area contributed by atoms with Crippen molar-refractivity contribution in [2.24, 2.45) is 0 Å². The fourth-order valence-corrected chi connectivity index (χ4v) is 2.26. The van der Waals surface area contributed by atoms with Crippen LogP contribution in [-0.4, -0.2) is 22.0 Å². The van der Waals surface area contributed by atoms with Crippen LogP contribution in [0.1, 0.15) is 42.5 Å². The molecule has 1 aliphatic carbocycles. The zero-order chi connectivity index (χ0) is 13.8. The Bertz CT molecular complexity index is 501. The lowest BCUT2D eigenvalue weighted by Crippen LogP contribution is -2.21. The summed E-state index contributed by atoms with van der Waals surface area (Å²) in [6.45, 7) is 0. The third-order valence-electron chi connectivity index (χ3n) is 3.08. The molecule has 0 atom stereocenters. The highest BCUT2D eigenvalue weighted by molar-refractivity contribution is 6.32. The first-order chi connectivity index (χ1) is 9.08. The van der Waals surface area contributed by atoms with Crippen LogP contribution < -0.4 is 0 Å². The summed E-state index contributed by atoms with van der Waals surface area (Å²) in [7, 11) is 0. The molecular weight excluding hydrogens is 272 g/mol. The molecule has 0 unspecified atom stereocenters. The molecule has 6 nitrogen and oxygen atoms in total. The molecule has 7 heteroatoms. The number of hydrogen-bond donors (Lipinski definition) is 0. The second-order valence-electron chi connectivity index (χ2n) is 4.45. The highest BCUT2D eigenvalue weighted by Gasteiger charge is 2.23.